The second kappa shape index (κ2) is 11.3. The van der Waals surface area contributed by atoms with E-state index in [9.17, 15) is 0 Å². The van der Waals surface area contributed by atoms with Crippen LogP contribution in [0.1, 0.15) is 31.2 Å². The largest absolute Gasteiger partial charge is 0.383 e. The maximum absolute atomic E-state index is 5.18. The average Bonchev–Trinajstić information content (AvgIpc) is 3.00. The van der Waals surface area contributed by atoms with Crippen molar-refractivity contribution in [2.45, 2.75) is 45.8 Å². The molecule has 0 fully saturated rings. The van der Waals surface area contributed by atoms with Gasteiger partial charge < -0.3 is 15.4 Å². The number of fused-ring (bicyclic) bond motifs is 1. The molecule has 1 aromatic heterocycles. The van der Waals surface area contributed by atoms with Gasteiger partial charge in [0.2, 0.25) is 0 Å². The van der Waals surface area contributed by atoms with Crippen LogP contribution in [0.2, 0.25) is 0 Å². The highest BCUT2D eigenvalue weighted by Crippen LogP contribution is 2.25. The van der Waals surface area contributed by atoms with Crippen molar-refractivity contribution in [3.05, 3.63) is 21.9 Å². The summed E-state index contributed by atoms with van der Waals surface area (Å²) in [5, 5.41) is 8.90. The summed E-state index contributed by atoms with van der Waals surface area (Å²) in [4.78, 5) is 8.84. The molecule has 7 heteroatoms. The Hall–Kier alpha value is -0.380. The van der Waals surface area contributed by atoms with E-state index < -0.39 is 0 Å². The van der Waals surface area contributed by atoms with Crippen LogP contribution in [0.3, 0.4) is 0 Å². The van der Waals surface area contributed by atoms with Crippen LogP contribution in [0.15, 0.2) is 16.4 Å². The molecule has 1 aliphatic heterocycles. The first-order valence-corrected chi connectivity index (χ1v) is 9.35. The van der Waals surface area contributed by atoms with E-state index >= 15 is 0 Å². The van der Waals surface area contributed by atoms with E-state index in [0.717, 1.165) is 32.1 Å². The minimum Gasteiger partial charge on any atom is -0.383 e. The Bertz CT molecular complexity index is 509. The highest BCUT2D eigenvalue weighted by Gasteiger charge is 2.21. The van der Waals surface area contributed by atoms with Gasteiger partial charge in [-0.2, -0.15) is 0 Å². The summed E-state index contributed by atoms with van der Waals surface area (Å²) >= 11 is 1.89. The molecule has 0 bridgehead atoms. The number of halogens is 1. The third-order valence-corrected chi connectivity index (χ3v) is 5.14. The lowest BCUT2D eigenvalue weighted by Crippen LogP contribution is -2.45. The highest BCUT2D eigenvalue weighted by atomic mass is 127. The maximum atomic E-state index is 5.18. The number of nitrogens with zero attached hydrogens (tertiary/aromatic N) is 2. The summed E-state index contributed by atoms with van der Waals surface area (Å²) in [5.41, 5.74) is 1.50. The van der Waals surface area contributed by atoms with E-state index in [-0.39, 0.29) is 30.0 Å². The van der Waals surface area contributed by atoms with Crippen LogP contribution >= 0.6 is 35.3 Å². The third kappa shape index (κ3) is 6.50. The fourth-order valence-electron chi connectivity index (χ4n) is 2.83. The number of ether oxygens (including phenoxy) is 1. The maximum Gasteiger partial charge on any atom is 0.191 e. The third-order valence-electron chi connectivity index (χ3n) is 4.12. The molecule has 2 heterocycles. The SMILES string of the molecule is CCNC(=NCC(C)N1CCc2sccc2C1)NC(C)COC.I. The van der Waals surface area contributed by atoms with Gasteiger partial charge in [0.15, 0.2) is 5.96 Å². The van der Waals surface area contributed by atoms with Gasteiger partial charge in [-0.15, -0.1) is 35.3 Å². The zero-order valence-electron chi connectivity index (χ0n) is 15.2. The quantitative estimate of drug-likeness (QED) is 0.369. The first kappa shape index (κ1) is 21.7. The van der Waals surface area contributed by atoms with Crippen molar-refractivity contribution in [3.63, 3.8) is 0 Å². The van der Waals surface area contributed by atoms with E-state index in [0.29, 0.717) is 12.6 Å². The second-order valence-corrected chi connectivity index (χ2v) is 7.16. The molecule has 0 radical (unpaired) electrons. The Morgan fingerprint density at radius 1 is 1.46 bits per heavy atom. The molecular formula is C17H31IN4OS. The van der Waals surface area contributed by atoms with Crippen molar-refractivity contribution in [2.75, 3.05) is 33.4 Å². The molecule has 0 spiro atoms. The van der Waals surface area contributed by atoms with Crippen molar-refractivity contribution in [1.82, 2.24) is 15.5 Å². The van der Waals surface area contributed by atoms with Crippen molar-refractivity contribution in [1.29, 1.82) is 0 Å². The fraction of sp³-hybridized carbons (Fsp3) is 0.706. The topological polar surface area (TPSA) is 48.9 Å². The highest BCUT2D eigenvalue weighted by molar-refractivity contribution is 14.0. The molecule has 1 aliphatic rings. The Kier molecular flexibility index (Phi) is 10.2. The fourth-order valence-corrected chi connectivity index (χ4v) is 3.72. The lowest BCUT2D eigenvalue weighted by molar-refractivity contribution is 0.178. The van der Waals surface area contributed by atoms with Gasteiger partial charge >= 0.3 is 0 Å². The molecule has 0 saturated carbocycles. The second-order valence-electron chi connectivity index (χ2n) is 6.16. The predicted octanol–water partition coefficient (Wildman–Crippen LogP) is 2.70. The molecule has 138 valence electrons. The van der Waals surface area contributed by atoms with Crippen LogP contribution in [-0.2, 0) is 17.7 Å². The Morgan fingerprint density at radius 3 is 2.96 bits per heavy atom. The summed E-state index contributed by atoms with van der Waals surface area (Å²) in [6, 6.07) is 2.95. The molecular weight excluding hydrogens is 435 g/mol. The molecule has 0 amide bonds. The predicted molar refractivity (Wildman–Crippen MR) is 114 cm³/mol. The smallest absolute Gasteiger partial charge is 0.191 e. The van der Waals surface area contributed by atoms with Crippen molar-refractivity contribution >= 4 is 41.3 Å². The number of hydrogen-bond acceptors (Lipinski definition) is 4. The van der Waals surface area contributed by atoms with Gasteiger partial charge in [-0.3, -0.25) is 9.89 Å². The lowest BCUT2D eigenvalue weighted by atomic mass is 10.1. The Labute approximate surface area is 167 Å². The molecule has 2 atom stereocenters. The minimum absolute atomic E-state index is 0. The van der Waals surface area contributed by atoms with E-state index in [4.69, 9.17) is 9.73 Å². The van der Waals surface area contributed by atoms with E-state index in [1.807, 2.05) is 11.3 Å². The number of hydrogen-bond donors (Lipinski definition) is 2. The van der Waals surface area contributed by atoms with Gasteiger partial charge in [0.1, 0.15) is 0 Å². The molecule has 1 aromatic rings. The average molecular weight is 466 g/mol. The van der Waals surface area contributed by atoms with E-state index in [1.165, 1.54) is 12.0 Å². The van der Waals surface area contributed by atoms with Crippen molar-refractivity contribution in [2.24, 2.45) is 4.99 Å². The monoisotopic (exact) mass is 466 g/mol. The molecule has 2 unspecified atom stereocenters. The Morgan fingerprint density at radius 2 is 2.25 bits per heavy atom. The van der Waals surface area contributed by atoms with Gasteiger partial charge in [0.05, 0.1) is 13.2 Å². The van der Waals surface area contributed by atoms with Crippen LogP contribution in [0, 0.1) is 0 Å². The first-order chi connectivity index (χ1) is 11.1. The summed E-state index contributed by atoms with van der Waals surface area (Å²) in [5.74, 6) is 0.872. The number of thiophene rings is 1. The molecule has 2 rings (SSSR count). The molecule has 0 aliphatic carbocycles. The number of aliphatic imine (C=N–C) groups is 1. The van der Waals surface area contributed by atoms with Crippen LogP contribution in [0.4, 0.5) is 0 Å². The first-order valence-electron chi connectivity index (χ1n) is 8.47. The Balaban J connectivity index is 0.00000288. The minimum atomic E-state index is 0. The zero-order chi connectivity index (χ0) is 16.7. The van der Waals surface area contributed by atoms with Gasteiger partial charge in [-0.05, 0) is 44.2 Å². The van der Waals surface area contributed by atoms with Crippen molar-refractivity contribution < 1.29 is 4.74 Å². The summed E-state index contributed by atoms with van der Waals surface area (Å²) in [6.45, 7) is 11.0. The van der Waals surface area contributed by atoms with Crippen LogP contribution in [-0.4, -0.2) is 56.3 Å². The number of methoxy groups -OCH3 is 1. The standard InChI is InChI=1S/C17H30N4OS.HI/c1-5-18-17(20-13(2)12-22-4)19-10-14(3)21-8-6-16-15(11-21)7-9-23-16;/h7,9,13-14H,5-6,8,10-12H2,1-4H3,(H2,18,19,20);1H. The number of guanidine groups is 1. The van der Waals surface area contributed by atoms with Crippen molar-refractivity contribution in [3.8, 4) is 0 Å². The molecule has 2 N–H and O–H groups in total. The molecule has 5 nitrogen and oxygen atoms in total. The van der Waals surface area contributed by atoms with Gasteiger partial charge in [0.25, 0.3) is 0 Å². The van der Waals surface area contributed by atoms with E-state index in [1.54, 1.807) is 12.0 Å². The lowest BCUT2D eigenvalue weighted by Gasteiger charge is -2.31. The van der Waals surface area contributed by atoms with Gasteiger partial charge in [-0.25, -0.2) is 0 Å². The van der Waals surface area contributed by atoms with Crippen LogP contribution < -0.4 is 10.6 Å². The number of rotatable bonds is 7. The summed E-state index contributed by atoms with van der Waals surface area (Å²) in [7, 11) is 1.72. The molecule has 0 saturated heterocycles. The zero-order valence-corrected chi connectivity index (χ0v) is 18.3. The molecule has 0 aromatic carbocycles. The summed E-state index contributed by atoms with van der Waals surface area (Å²) in [6.07, 6.45) is 1.17. The number of nitrogens with one attached hydrogen (secondary N) is 2. The van der Waals surface area contributed by atoms with Crippen LogP contribution in [0.5, 0.6) is 0 Å². The summed E-state index contributed by atoms with van der Waals surface area (Å²) < 4.78 is 5.18. The van der Waals surface area contributed by atoms with E-state index in [2.05, 4.69) is 47.8 Å². The normalized spacial score (nSPS) is 17.6. The molecule has 24 heavy (non-hydrogen) atoms. The van der Waals surface area contributed by atoms with Crippen LogP contribution in [0.25, 0.3) is 0 Å². The van der Waals surface area contributed by atoms with Gasteiger partial charge in [0, 0.05) is 43.7 Å². The van der Waals surface area contributed by atoms with Gasteiger partial charge in [-0.1, -0.05) is 0 Å².